The van der Waals surface area contributed by atoms with Crippen LogP contribution >= 0.6 is 0 Å². The highest BCUT2D eigenvalue weighted by Crippen LogP contribution is 2.43. The van der Waals surface area contributed by atoms with Gasteiger partial charge in [0.15, 0.2) is 0 Å². The summed E-state index contributed by atoms with van der Waals surface area (Å²) in [5.41, 5.74) is 4.10. The van der Waals surface area contributed by atoms with E-state index in [4.69, 9.17) is 5.73 Å². The zero-order chi connectivity index (χ0) is 12.3. The van der Waals surface area contributed by atoms with Gasteiger partial charge in [-0.25, -0.2) is 0 Å². The monoisotopic (exact) mass is 215 g/mol. The molecule has 15 heavy (non-hydrogen) atoms. The van der Waals surface area contributed by atoms with Gasteiger partial charge in [0.1, 0.15) is 0 Å². The lowest BCUT2D eigenvalue weighted by molar-refractivity contribution is -0.141. The minimum Gasteiger partial charge on any atom is -0.389 e. The fourth-order valence-corrected chi connectivity index (χ4v) is 2.55. The molecule has 0 fully saturated rings. The molecule has 3 nitrogen and oxygen atoms in total. The molecule has 0 spiro atoms. The molecule has 3 heteroatoms. The van der Waals surface area contributed by atoms with E-state index in [0.717, 1.165) is 0 Å². The Morgan fingerprint density at radius 3 is 1.87 bits per heavy atom. The van der Waals surface area contributed by atoms with E-state index in [1.807, 2.05) is 34.6 Å². The van der Waals surface area contributed by atoms with Crippen molar-refractivity contribution >= 4 is 5.91 Å². The summed E-state index contributed by atoms with van der Waals surface area (Å²) >= 11 is 0. The average Bonchev–Trinajstić information content (AvgIpc) is 2.16. The number of nitrogens with two attached hydrogens (primary N) is 1. The maximum absolute atomic E-state index is 11.4. The van der Waals surface area contributed by atoms with E-state index in [9.17, 15) is 9.90 Å². The minimum atomic E-state index is -0.817. The molecule has 0 aromatic heterocycles. The van der Waals surface area contributed by atoms with Crippen molar-refractivity contribution in [2.24, 2.45) is 17.1 Å². The molecule has 1 unspecified atom stereocenters. The lowest BCUT2D eigenvalue weighted by Crippen LogP contribution is -2.51. The van der Waals surface area contributed by atoms with Crippen molar-refractivity contribution < 1.29 is 9.90 Å². The fraction of sp³-hybridized carbons (Fsp3) is 0.917. The van der Waals surface area contributed by atoms with Crippen molar-refractivity contribution in [1.29, 1.82) is 0 Å². The van der Waals surface area contributed by atoms with Gasteiger partial charge in [-0.05, 0) is 19.3 Å². The van der Waals surface area contributed by atoms with E-state index in [0.29, 0.717) is 19.3 Å². The van der Waals surface area contributed by atoms with Crippen LogP contribution in [0.3, 0.4) is 0 Å². The predicted octanol–water partition coefficient (Wildman–Crippen LogP) is 2.08. The lowest BCUT2D eigenvalue weighted by Gasteiger charge is -2.45. The molecule has 0 aromatic rings. The Labute approximate surface area is 93.0 Å². The van der Waals surface area contributed by atoms with Gasteiger partial charge >= 0.3 is 0 Å². The van der Waals surface area contributed by atoms with Gasteiger partial charge in [0.25, 0.3) is 0 Å². The van der Waals surface area contributed by atoms with Crippen molar-refractivity contribution in [3.8, 4) is 0 Å². The summed E-state index contributed by atoms with van der Waals surface area (Å²) in [6.45, 7) is 9.68. The van der Waals surface area contributed by atoms with Gasteiger partial charge < -0.3 is 10.8 Å². The van der Waals surface area contributed by atoms with Crippen LogP contribution in [-0.2, 0) is 4.79 Å². The molecular formula is C12H25NO2. The summed E-state index contributed by atoms with van der Waals surface area (Å²) in [6, 6.07) is 0. The van der Waals surface area contributed by atoms with Crippen molar-refractivity contribution in [3.05, 3.63) is 0 Å². The topological polar surface area (TPSA) is 63.3 Å². The lowest BCUT2D eigenvalue weighted by atomic mass is 9.63. The van der Waals surface area contributed by atoms with E-state index >= 15 is 0 Å². The van der Waals surface area contributed by atoms with Crippen molar-refractivity contribution in [2.75, 3.05) is 0 Å². The van der Waals surface area contributed by atoms with Crippen molar-refractivity contribution in [3.63, 3.8) is 0 Å². The number of hydrogen-bond donors (Lipinski definition) is 2. The molecule has 0 bridgehead atoms. The summed E-state index contributed by atoms with van der Waals surface area (Å²) in [6.07, 6.45) is 1.95. The highest BCUT2D eigenvalue weighted by Gasteiger charge is 2.47. The van der Waals surface area contributed by atoms with E-state index in [1.165, 1.54) is 0 Å². The zero-order valence-corrected chi connectivity index (χ0v) is 10.6. The van der Waals surface area contributed by atoms with Crippen LogP contribution in [-0.4, -0.2) is 16.6 Å². The standard InChI is InChI=1S/C12H25NO2/c1-6-9(10(13)14)11(4,5)12(15,7-2)8-3/h9,15H,6-8H2,1-5H3,(H2,13,14). The smallest absolute Gasteiger partial charge is 0.221 e. The van der Waals surface area contributed by atoms with Gasteiger partial charge in [-0.3, -0.25) is 4.79 Å². The molecule has 3 N–H and O–H groups in total. The predicted molar refractivity (Wildman–Crippen MR) is 62.3 cm³/mol. The van der Waals surface area contributed by atoms with E-state index in [1.54, 1.807) is 0 Å². The molecule has 0 aliphatic carbocycles. The molecule has 1 atom stereocenters. The third-order valence-corrected chi connectivity index (χ3v) is 3.99. The number of carbonyl (C=O) groups is 1. The second kappa shape index (κ2) is 4.97. The average molecular weight is 215 g/mol. The molecule has 0 rings (SSSR count). The van der Waals surface area contributed by atoms with Gasteiger partial charge in [-0.1, -0.05) is 34.6 Å². The number of rotatable bonds is 6. The Morgan fingerprint density at radius 2 is 1.67 bits per heavy atom. The van der Waals surface area contributed by atoms with Crippen molar-refractivity contribution in [2.45, 2.75) is 59.5 Å². The summed E-state index contributed by atoms with van der Waals surface area (Å²) in [7, 11) is 0. The Hall–Kier alpha value is -0.570. The number of amides is 1. The van der Waals surface area contributed by atoms with Gasteiger partial charge in [-0.15, -0.1) is 0 Å². The molecular weight excluding hydrogens is 190 g/mol. The largest absolute Gasteiger partial charge is 0.389 e. The second-order valence-electron chi connectivity index (χ2n) is 4.82. The van der Waals surface area contributed by atoms with Crippen LogP contribution in [0.15, 0.2) is 0 Å². The molecule has 1 amide bonds. The molecule has 0 saturated carbocycles. The SMILES string of the molecule is CCC(C(N)=O)C(C)(C)C(O)(CC)CC. The quantitative estimate of drug-likeness (QED) is 0.712. The first-order valence-electron chi connectivity index (χ1n) is 5.78. The molecule has 0 saturated heterocycles. The number of carbonyl (C=O) groups excluding carboxylic acids is 1. The van der Waals surface area contributed by atoms with Gasteiger partial charge in [-0.2, -0.15) is 0 Å². The fourth-order valence-electron chi connectivity index (χ4n) is 2.55. The van der Waals surface area contributed by atoms with E-state index < -0.39 is 11.0 Å². The Balaban J connectivity index is 5.15. The molecule has 0 heterocycles. The Kier molecular flexibility index (Phi) is 4.78. The van der Waals surface area contributed by atoms with Crippen LogP contribution in [0.5, 0.6) is 0 Å². The number of hydrogen-bond acceptors (Lipinski definition) is 2. The first kappa shape index (κ1) is 14.4. The van der Waals surface area contributed by atoms with E-state index in [-0.39, 0.29) is 11.8 Å². The first-order chi connectivity index (χ1) is 6.76. The number of aliphatic hydroxyl groups is 1. The summed E-state index contributed by atoms with van der Waals surface area (Å²) < 4.78 is 0. The molecule has 0 aliphatic rings. The van der Waals surface area contributed by atoms with Crippen molar-refractivity contribution in [1.82, 2.24) is 0 Å². The Morgan fingerprint density at radius 1 is 1.27 bits per heavy atom. The first-order valence-corrected chi connectivity index (χ1v) is 5.78. The highest BCUT2D eigenvalue weighted by atomic mass is 16.3. The van der Waals surface area contributed by atoms with Gasteiger partial charge in [0.05, 0.1) is 5.60 Å². The minimum absolute atomic E-state index is 0.276. The maximum atomic E-state index is 11.4. The van der Waals surface area contributed by atoms with Gasteiger partial charge in [0, 0.05) is 11.3 Å². The maximum Gasteiger partial charge on any atom is 0.221 e. The van der Waals surface area contributed by atoms with Crippen LogP contribution in [0.1, 0.15) is 53.9 Å². The molecule has 0 aliphatic heterocycles. The van der Waals surface area contributed by atoms with Crippen LogP contribution in [0.25, 0.3) is 0 Å². The third-order valence-electron chi connectivity index (χ3n) is 3.99. The van der Waals surface area contributed by atoms with Crippen LogP contribution in [0.2, 0.25) is 0 Å². The normalized spacial score (nSPS) is 15.1. The zero-order valence-electron chi connectivity index (χ0n) is 10.6. The third kappa shape index (κ3) is 2.51. The summed E-state index contributed by atoms with van der Waals surface area (Å²) in [5.74, 6) is -0.592. The molecule has 0 radical (unpaired) electrons. The number of primary amides is 1. The molecule has 0 aromatic carbocycles. The van der Waals surface area contributed by atoms with Crippen LogP contribution < -0.4 is 5.73 Å². The van der Waals surface area contributed by atoms with Crippen LogP contribution in [0.4, 0.5) is 0 Å². The molecule has 90 valence electrons. The van der Waals surface area contributed by atoms with Gasteiger partial charge in [0.2, 0.25) is 5.91 Å². The Bertz CT molecular complexity index is 220. The van der Waals surface area contributed by atoms with E-state index in [2.05, 4.69) is 0 Å². The van der Waals surface area contributed by atoms with Crippen LogP contribution in [0, 0.1) is 11.3 Å². The second-order valence-corrected chi connectivity index (χ2v) is 4.82. The highest BCUT2D eigenvalue weighted by molar-refractivity contribution is 5.77. The summed E-state index contributed by atoms with van der Waals surface area (Å²) in [5, 5.41) is 10.5. The summed E-state index contributed by atoms with van der Waals surface area (Å²) in [4.78, 5) is 11.4.